The van der Waals surface area contributed by atoms with Crippen molar-refractivity contribution in [2.24, 2.45) is 0 Å². The van der Waals surface area contributed by atoms with Crippen LogP contribution in [-0.4, -0.2) is 36.6 Å². The van der Waals surface area contributed by atoms with Gasteiger partial charge in [0.2, 0.25) is 6.79 Å². The van der Waals surface area contributed by atoms with E-state index in [0.717, 1.165) is 41.5 Å². The quantitative estimate of drug-likeness (QED) is 0.846. The van der Waals surface area contributed by atoms with Crippen molar-refractivity contribution in [3.63, 3.8) is 0 Å². The fourth-order valence-corrected chi connectivity index (χ4v) is 2.89. The third-order valence-corrected chi connectivity index (χ3v) is 3.91. The fourth-order valence-electron chi connectivity index (χ4n) is 2.89. The van der Waals surface area contributed by atoms with Crippen LogP contribution in [0.4, 0.5) is 0 Å². The molecular formula is C19H23NO4. The molecule has 1 N–H and O–H groups in total. The van der Waals surface area contributed by atoms with Crippen molar-refractivity contribution in [3.05, 3.63) is 53.6 Å². The van der Waals surface area contributed by atoms with Crippen LogP contribution in [0, 0.1) is 0 Å². The van der Waals surface area contributed by atoms with E-state index in [1.807, 2.05) is 36.4 Å². The predicted molar refractivity (Wildman–Crippen MR) is 91.4 cm³/mol. The minimum absolute atomic E-state index is 0.278. The van der Waals surface area contributed by atoms with Crippen LogP contribution >= 0.6 is 0 Å². The maximum absolute atomic E-state index is 9.82. The molecule has 2 aromatic rings. The number of methoxy groups -OCH3 is 1. The van der Waals surface area contributed by atoms with Crippen molar-refractivity contribution in [2.75, 3.05) is 20.4 Å². The zero-order chi connectivity index (χ0) is 16.9. The number of fused-ring (bicyclic) bond motifs is 1. The Morgan fingerprint density at radius 1 is 1.08 bits per heavy atom. The highest BCUT2D eigenvalue weighted by Crippen LogP contribution is 2.33. The smallest absolute Gasteiger partial charge is 0.231 e. The lowest BCUT2D eigenvalue weighted by Crippen LogP contribution is -2.30. The van der Waals surface area contributed by atoms with Crippen molar-refractivity contribution in [3.8, 4) is 17.2 Å². The molecule has 0 saturated carbocycles. The van der Waals surface area contributed by atoms with Gasteiger partial charge < -0.3 is 19.3 Å². The van der Waals surface area contributed by atoms with Gasteiger partial charge in [0.25, 0.3) is 0 Å². The van der Waals surface area contributed by atoms with Gasteiger partial charge in [0.15, 0.2) is 11.5 Å². The molecule has 0 amide bonds. The SMILES string of the molecule is COc1cccc(CN(Cc2ccc3c(c2)OCO3)C[C@@H](C)O)c1. The Labute approximate surface area is 142 Å². The fraction of sp³-hybridized carbons (Fsp3) is 0.368. The molecule has 2 aromatic carbocycles. The highest BCUT2D eigenvalue weighted by Gasteiger charge is 2.16. The molecule has 0 bridgehead atoms. The highest BCUT2D eigenvalue weighted by atomic mass is 16.7. The van der Waals surface area contributed by atoms with E-state index in [-0.39, 0.29) is 6.79 Å². The van der Waals surface area contributed by atoms with Gasteiger partial charge in [-0.05, 0) is 42.3 Å². The van der Waals surface area contributed by atoms with E-state index in [2.05, 4.69) is 11.0 Å². The minimum Gasteiger partial charge on any atom is -0.497 e. The van der Waals surface area contributed by atoms with Crippen molar-refractivity contribution in [1.29, 1.82) is 0 Å². The van der Waals surface area contributed by atoms with Crippen LogP contribution in [0.15, 0.2) is 42.5 Å². The molecule has 1 aliphatic rings. The Kier molecular flexibility index (Phi) is 5.23. The molecular weight excluding hydrogens is 306 g/mol. The first-order chi connectivity index (χ1) is 11.6. The average molecular weight is 329 g/mol. The summed E-state index contributed by atoms with van der Waals surface area (Å²) in [7, 11) is 1.67. The summed E-state index contributed by atoms with van der Waals surface area (Å²) in [4.78, 5) is 2.21. The number of hydrogen-bond donors (Lipinski definition) is 1. The summed E-state index contributed by atoms with van der Waals surface area (Å²) in [5.41, 5.74) is 2.28. The first-order valence-corrected chi connectivity index (χ1v) is 8.06. The zero-order valence-electron chi connectivity index (χ0n) is 14.1. The molecule has 1 aliphatic heterocycles. The maximum Gasteiger partial charge on any atom is 0.231 e. The minimum atomic E-state index is -0.399. The molecule has 0 fully saturated rings. The summed E-state index contributed by atoms with van der Waals surface area (Å²) in [6, 6.07) is 14.0. The molecule has 24 heavy (non-hydrogen) atoms. The van der Waals surface area contributed by atoms with E-state index >= 15 is 0 Å². The second-order valence-electron chi connectivity index (χ2n) is 6.06. The van der Waals surface area contributed by atoms with Crippen molar-refractivity contribution in [1.82, 2.24) is 4.90 Å². The number of hydrogen-bond acceptors (Lipinski definition) is 5. The van der Waals surface area contributed by atoms with Crippen LogP contribution in [0.1, 0.15) is 18.1 Å². The Balaban J connectivity index is 1.73. The molecule has 0 unspecified atom stereocenters. The Hall–Kier alpha value is -2.24. The number of ether oxygens (including phenoxy) is 3. The number of nitrogens with zero attached hydrogens (tertiary/aromatic N) is 1. The number of aliphatic hydroxyl groups excluding tert-OH is 1. The molecule has 5 heteroatoms. The third-order valence-electron chi connectivity index (χ3n) is 3.91. The van der Waals surface area contributed by atoms with Crippen molar-refractivity contribution in [2.45, 2.75) is 26.1 Å². The lowest BCUT2D eigenvalue weighted by atomic mass is 10.1. The van der Waals surface area contributed by atoms with E-state index in [1.54, 1.807) is 14.0 Å². The van der Waals surface area contributed by atoms with Gasteiger partial charge >= 0.3 is 0 Å². The van der Waals surface area contributed by atoms with Crippen LogP contribution in [0.25, 0.3) is 0 Å². The molecule has 1 atom stereocenters. The Morgan fingerprint density at radius 2 is 1.83 bits per heavy atom. The van der Waals surface area contributed by atoms with Gasteiger partial charge in [-0.15, -0.1) is 0 Å². The predicted octanol–water partition coefficient (Wildman–Crippen LogP) is 2.81. The molecule has 3 rings (SSSR count). The molecule has 5 nitrogen and oxygen atoms in total. The lowest BCUT2D eigenvalue weighted by molar-refractivity contribution is 0.118. The van der Waals surface area contributed by atoms with Crippen LogP contribution in [0.3, 0.4) is 0 Å². The topological polar surface area (TPSA) is 51.2 Å². The molecule has 0 spiro atoms. The molecule has 128 valence electrons. The second-order valence-corrected chi connectivity index (χ2v) is 6.06. The van der Waals surface area contributed by atoms with Crippen molar-refractivity contribution >= 4 is 0 Å². The molecule has 0 aliphatic carbocycles. The van der Waals surface area contributed by atoms with Gasteiger partial charge in [-0.25, -0.2) is 0 Å². The van der Waals surface area contributed by atoms with Gasteiger partial charge in [-0.1, -0.05) is 18.2 Å². The monoisotopic (exact) mass is 329 g/mol. The summed E-state index contributed by atoms with van der Waals surface area (Å²) in [6.07, 6.45) is -0.399. The van der Waals surface area contributed by atoms with Crippen molar-refractivity contribution < 1.29 is 19.3 Å². The van der Waals surface area contributed by atoms with Gasteiger partial charge in [-0.2, -0.15) is 0 Å². The normalized spacial score (nSPS) is 14.0. The van der Waals surface area contributed by atoms with E-state index < -0.39 is 6.10 Å². The zero-order valence-corrected chi connectivity index (χ0v) is 14.1. The highest BCUT2D eigenvalue weighted by molar-refractivity contribution is 5.44. The van der Waals surface area contributed by atoms with Crippen LogP contribution < -0.4 is 14.2 Å². The van der Waals surface area contributed by atoms with Crippen LogP contribution in [0.5, 0.6) is 17.2 Å². The largest absolute Gasteiger partial charge is 0.497 e. The Bertz CT molecular complexity index is 687. The number of aliphatic hydroxyl groups is 1. The summed E-state index contributed by atoms with van der Waals surface area (Å²) < 4.78 is 16.1. The third kappa shape index (κ3) is 4.19. The Morgan fingerprint density at radius 3 is 2.58 bits per heavy atom. The maximum atomic E-state index is 9.82. The van der Waals surface area contributed by atoms with E-state index in [1.165, 1.54) is 0 Å². The summed E-state index contributed by atoms with van der Waals surface area (Å²) in [6.45, 7) is 4.12. The van der Waals surface area contributed by atoms with Gasteiger partial charge in [-0.3, -0.25) is 4.90 Å². The van der Waals surface area contributed by atoms with Crippen LogP contribution in [-0.2, 0) is 13.1 Å². The van der Waals surface area contributed by atoms with E-state index in [0.29, 0.717) is 6.54 Å². The molecule has 0 aromatic heterocycles. The van der Waals surface area contributed by atoms with E-state index in [4.69, 9.17) is 14.2 Å². The van der Waals surface area contributed by atoms with E-state index in [9.17, 15) is 5.11 Å². The molecule has 1 heterocycles. The standard InChI is InChI=1S/C19H23NO4/c1-14(21)10-20(11-15-4-3-5-17(8-15)22-2)12-16-6-7-18-19(9-16)24-13-23-18/h3-9,14,21H,10-13H2,1-2H3/t14-/m1/s1. The van der Waals surface area contributed by atoms with Crippen LogP contribution in [0.2, 0.25) is 0 Å². The van der Waals surface area contributed by atoms with Gasteiger partial charge in [0.1, 0.15) is 5.75 Å². The number of benzene rings is 2. The lowest BCUT2D eigenvalue weighted by Gasteiger charge is -2.24. The van der Waals surface area contributed by atoms with Gasteiger partial charge in [0, 0.05) is 19.6 Å². The van der Waals surface area contributed by atoms with Gasteiger partial charge in [0.05, 0.1) is 13.2 Å². The second kappa shape index (κ2) is 7.55. The summed E-state index contributed by atoms with van der Waals surface area (Å²) in [5.74, 6) is 2.41. The first-order valence-electron chi connectivity index (χ1n) is 8.06. The number of rotatable bonds is 7. The average Bonchev–Trinajstić information content (AvgIpc) is 3.02. The first kappa shape index (κ1) is 16.6. The molecule has 0 radical (unpaired) electrons. The summed E-state index contributed by atoms with van der Waals surface area (Å²) in [5, 5.41) is 9.82. The molecule has 0 saturated heterocycles. The summed E-state index contributed by atoms with van der Waals surface area (Å²) >= 11 is 0.